The van der Waals surface area contributed by atoms with E-state index in [0.717, 1.165) is 0 Å². The lowest BCUT2D eigenvalue weighted by Crippen LogP contribution is -2.39. The zero-order valence-electron chi connectivity index (χ0n) is 11.4. The zero-order chi connectivity index (χ0) is 14.8. The lowest BCUT2D eigenvalue weighted by Gasteiger charge is -2.29. The minimum Gasteiger partial charge on any atom is -0.393 e. The van der Waals surface area contributed by atoms with Crippen LogP contribution in [0.5, 0.6) is 0 Å². The van der Waals surface area contributed by atoms with Crippen LogP contribution in [0.2, 0.25) is 0 Å². The molecule has 0 spiro atoms. The Labute approximate surface area is 121 Å². The van der Waals surface area contributed by atoms with Crippen LogP contribution in [-0.4, -0.2) is 44.9 Å². The van der Waals surface area contributed by atoms with Gasteiger partial charge in [0.05, 0.1) is 17.9 Å². The molecule has 6 heteroatoms. The van der Waals surface area contributed by atoms with Crippen molar-refractivity contribution >= 4 is 5.91 Å². The zero-order valence-corrected chi connectivity index (χ0v) is 11.4. The van der Waals surface area contributed by atoms with Crippen LogP contribution in [0.4, 0.5) is 4.39 Å². The fourth-order valence-corrected chi connectivity index (χ4v) is 2.45. The summed E-state index contributed by atoms with van der Waals surface area (Å²) in [5, 5.41) is 13.5. The molecule has 0 atom stereocenters. The minimum atomic E-state index is -0.388. The monoisotopic (exact) mass is 289 g/mol. The molecular weight excluding hydrogens is 273 g/mol. The molecule has 1 N–H and O–H groups in total. The van der Waals surface area contributed by atoms with Crippen molar-refractivity contribution in [2.24, 2.45) is 0 Å². The number of aliphatic hydroxyl groups is 1. The van der Waals surface area contributed by atoms with Crippen LogP contribution in [0.25, 0.3) is 5.69 Å². The number of carbonyl (C=O) groups excluding carboxylic acids is 1. The summed E-state index contributed by atoms with van der Waals surface area (Å²) in [7, 11) is 0. The number of aliphatic hydroxyl groups excluding tert-OH is 1. The van der Waals surface area contributed by atoms with Crippen molar-refractivity contribution in [3.63, 3.8) is 0 Å². The third-order valence-electron chi connectivity index (χ3n) is 3.68. The van der Waals surface area contributed by atoms with Gasteiger partial charge in [0, 0.05) is 19.3 Å². The van der Waals surface area contributed by atoms with E-state index in [-0.39, 0.29) is 17.8 Å². The molecule has 21 heavy (non-hydrogen) atoms. The van der Waals surface area contributed by atoms with E-state index in [9.17, 15) is 14.3 Å². The van der Waals surface area contributed by atoms with Gasteiger partial charge in [-0.25, -0.2) is 9.07 Å². The Bertz CT molecular complexity index is 648. The smallest absolute Gasteiger partial charge is 0.257 e. The van der Waals surface area contributed by atoms with E-state index in [4.69, 9.17) is 0 Å². The molecule has 1 aliphatic heterocycles. The number of piperidine rings is 1. The topological polar surface area (TPSA) is 58.4 Å². The first-order chi connectivity index (χ1) is 10.1. The molecule has 3 rings (SSSR count). The highest BCUT2D eigenvalue weighted by atomic mass is 19.1. The molecule has 5 nitrogen and oxygen atoms in total. The number of rotatable bonds is 2. The fraction of sp³-hybridized carbons (Fsp3) is 0.333. The first kappa shape index (κ1) is 13.8. The Morgan fingerprint density at radius 2 is 2.00 bits per heavy atom. The highest BCUT2D eigenvalue weighted by molar-refractivity contribution is 5.93. The first-order valence-corrected chi connectivity index (χ1v) is 6.92. The second-order valence-corrected chi connectivity index (χ2v) is 5.15. The van der Waals surface area contributed by atoms with Gasteiger partial charge in [-0.2, -0.15) is 5.10 Å². The summed E-state index contributed by atoms with van der Waals surface area (Å²) in [6.07, 6.45) is 3.83. The van der Waals surface area contributed by atoms with Gasteiger partial charge in [-0.3, -0.25) is 4.79 Å². The molecule has 0 bridgehead atoms. The number of aromatic nitrogens is 2. The van der Waals surface area contributed by atoms with Crippen molar-refractivity contribution in [2.45, 2.75) is 18.9 Å². The Morgan fingerprint density at radius 3 is 2.71 bits per heavy atom. The normalized spacial score (nSPS) is 16.2. The van der Waals surface area contributed by atoms with E-state index in [0.29, 0.717) is 37.2 Å². The summed E-state index contributed by atoms with van der Waals surface area (Å²) in [5.74, 6) is -0.523. The van der Waals surface area contributed by atoms with E-state index >= 15 is 0 Å². The van der Waals surface area contributed by atoms with E-state index in [1.807, 2.05) is 0 Å². The summed E-state index contributed by atoms with van der Waals surface area (Å²) in [6, 6.07) is 6.28. The van der Waals surface area contributed by atoms with E-state index in [1.54, 1.807) is 23.1 Å². The molecule has 0 unspecified atom stereocenters. The van der Waals surface area contributed by atoms with Crippen molar-refractivity contribution in [2.75, 3.05) is 13.1 Å². The molecule has 1 fully saturated rings. The average Bonchev–Trinajstić information content (AvgIpc) is 2.97. The van der Waals surface area contributed by atoms with Crippen molar-refractivity contribution in [3.05, 3.63) is 48.0 Å². The lowest BCUT2D eigenvalue weighted by atomic mass is 10.1. The van der Waals surface area contributed by atoms with Gasteiger partial charge in [0.15, 0.2) is 0 Å². The molecule has 2 heterocycles. The fourth-order valence-electron chi connectivity index (χ4n) is 2.45. The second-order valence-electron chi connectivity index (χ2n) is 5.15. The molecule has 0 saturated carbocycles. The third-order valence-corrected chi connectivity index (χ3v) is 3.68. The van der Waals surface area contributed by atoms with Crippen LogP contribution >= 0.6 is 0 Å². The number of hydrogen-bond donors (Lipinski definition) is 1. The van der Waals surface area contributed by atoms with Crippen molar-refractivity contribution in [1.29, 1.82) is 0 Å². The highest BCUT2D eigenvalue weighted by Gasteiger charge is 2.23. The second kappa shape index (κ2) is 5.65. The number of carbonyl (C=O) groups is 1. The molecule has 1 aromatic heterocycles. The molecule has 1 amide bonds. The van der Waals surface area contributed by atoms with Gasteiger partial charge in [0.2, 0.25) is 0 Å². The predicted octanol–water partition coefficient (Wildman–Crippen LogP) is 1.61. The van der Waals surface area contributed by atoms with Crippen LogP contribution in [0.1, 0.15) is 23.2 Å². The lowest BCUT2D eigenvalue weighted by molar-refractivity contribution is 0.0546. The molecule has 0 aliphatic carbocycles. The Hall–Kier alpha value is -2.21. The number of likely N-dealkylation sites (tertiary alicyclic amines) is 1. The Kier molecular flexibility index (Phi) is 3.70. The molecule has 110 valence electrons. The highest BCUT2D eigenvalue weighted by Crippen LogP contribution is 2.16. The minimum absolute atomic E-state index is 0.135. The van der Waals surface area contributed by atoms with Gasteiger partial charge in [0.25, 0.3) is 5.91 Å². The molecule has 0 radical (unpaired) electrons. The van der Waals surface area contributed by atoms with Crippen LogP contribution < -0.4 is 0 Å². The average molecular weight is 289 g/mol. The number of halogens is 1. The van der Waals surface area contributed by atoms with E-state index in [1.165, 1.54) is 23.1 Å². The summed E-state index contributed by atoms with van der Waals surface area (Å²) in [5.41, 5.74) is 0.736. The van der Waals surface area contributed by atoms with Crippen molar-refractivity contribution in [1.82, 2.24) is 14.7 Å². The Morgan fingerprint density at radius 1 is 1.29 bits per heavy atom. The molecule has 1 aliphatic rings. The van der Waals surface area contributed by atoms with Gasteiger partial charge in [-0.15, -0.1) is 0 Å². The van der Waals surface area contributed by atoms with Gasteiger partial charge in [-0.05, 0) is 25.0 Å². The van der Waals surface area contributed by atoms with Crippen LogP contribution in [-0.2, 0) is 0 Å². The van der Waals surface area contributed by atoms with E-state index in [2.05, 4.69) is 5.10 Å². The number of hydrogen-bond acceptors (Lipinski definition) is 3. The van der Waals surface area contributed by atoms with Crippen LogP contribution in [0.15, 0.2) is 36.7 Å². The predicted molar refractivity (Wildman–Crippen MR) is 74.7 cm³/mol. The number of nitrogens with zero attached hydrogens (tertiary/aromatic N) is 3. The quantitative estimate of drug-likeness (QED) is 0.913. The number of amides is 1. The number of para-hydroxylation sites is 1. The summed E-state index contributed by atoms with van der Waals surface area (Å²) in [6.45, 7) is 1.07. The number of benzene rings is 1. The van der Waals surface area contributed by atoms with Gasteiger partial charge in [0.1, 0.15) is 11.5 Å². The maximum atomic E-state index is 13.7. The molecule has 1 aromatic carbocycles. The largest absolute Gasteiger partial charge is 0.393 e. The maximum Gasteiger partial charge on any atom is 0.257 e. The van der Waals surface area contributed by atoms with Crippen molar-refractivity contribution in [3.8, 4) is 5.69 Å². The van der Waals surface area contributed by atoms with Gasteiger partial charge < -0.3 is 10.0 Å². The summed E-state index contributed by atoms with van der Waals surface area (Å²) in [4.78, 5) is 14.0. The van der Waals surface area contributed by atoms with Crippen LogP contribution in [0, 0.1) is 5.82 Å². The van der Waals surface area contributed by atoms with E-state index < -0.39 is 0 Å². The third kappa shape index (κ3) is 2.80. The van der Waals surface area contributed by atoms with Crippen molar-refractivity contribution < 1.29 is 14.3 Å². The van der Waals surface area contributed by atoms with Crippen LogP contribution in [0.3, 0.4) is 0 Å². The molecular formula is C15H16FN3O2. The van der Waals surface area contributed by atoms with Gasteiger partial charge in [-0.1, -0.05) is 12.1 Å². The standard InChI is InChI=1S/C15H16FN3O2/c16-13-3-1-2-4-14(13)19-10-11(9-17-19)15(21)18-7-5-12(20)6-8-18/h1-4,9-10,12,20H,5-8H2. The molecule has 2 aromatic rings. The maximum absolute atomic E-state index is 13.7. The molecule has 1 saturated heterocycles. The SMILES string of the molecule is O=C(c1cnn(-c2ccccc2F)c1)N1CCC(O)CC1. The first-order valence-electron chi connectivity index (χ1n) is 6.92. The Balaban J connectivity index is 1.79. The summed E-state index contributed by atoms with van der Waals surface area (Å²) >= 11 is 0. The van der Waals surface area contributed by atoms with Gasteiger partial charge >= 0.3 is 0 Å². The summed E-state index contributed by atoms with van der Waals surface area (Å²) < 4.78 is 15.1.